The number of fused-ring (bicyclic) bond motifs is 2. The second-order valence-corrected chi connectivity index (χ2v) is 12.8. The van der Waals surface area contributed by atoms with Crippen molar-refractivity contribution in [2.24, 2.45) is 11.8 Å². The molecular formula is C41H36O8. The molecule has 8 nitrogen and oxygen atoms in total. The lowest BCUT2D eigenvalue weighted by molar-refractivity contribution is -0.396. The van der Waals surface area contributed by atoms with Gasteiger partial charge in [0.15, 0.2) is 0 Å². The first-order valence-corrected chi connectivity index (χ1v) is 16.7. The van der Waals surface area contributed by atoms with Crippen LogP contribution in [0.1, 0.15) is 42.0 Å². The molecule has 4 heterocycles. The van der Waals surface area contributed by atoms with Crippen molar-refractivity contribution in [3.05, 3.63) is 167 Å². The summed E-state index contributed by atoms with van der Waals surface area (Å²) < 4.78 is 37.0. The Hall–Kier alpha value is -5.18. The summed E-state index contributed by atoms with van der Waals surface area (Å²) in [7, 11) is 0. The lowest BCUT2D eigenvalue weighted by atomic mass is 9.65. The Labute approximate surface area is 284 Å². The van der Waals surface area contributed by atoms with Gasteiger partial charge in [0.2, 0.25) is 12.1 Å². The highest BCUT2D eigenvalue weighted by atomic mass is 16.8. The average molecular weight is 657 g/mol. The van der Waals surface area contributed by atoms with Crippen molar-refractivity contribution in [3.8, 4) is 0 Å². The summed E-state index contributed by atoms with van der Waals surface area (Å²) in [5.74, 6) is -1.83. The number of ether oxygens (including phenoxy) is 6. The smallest absolute Gasteiger partial charge is 0.336 e. The van der Waals surface area contributed by atoms with E-state index in [2.05, 4.69) is 0 Å². The van der Waals surface area contributed by atoms with Crippen molar-refractivity contribution in [1.29, 1.82) is 0 Å². The highest BCUT2D eigenvalue weighted by molar-refractivity contribution is 5.85. The number of carbonyl (C=O) groups excluding carboxylic acids is 2. The molecule has 0 aromatic heterocycles. The van der Waals surface area contributed by atoms with Crippen LogP contribution in [-0.2, 0) is 49.2 Å². The minimum Gasteiger partial charge on any atom is -0.497 e. The summed E-state index contributed by atoms with van der Waals surface area (Å²) in [5, 5.41) is 0. The summed E-state index contributed by atoms with van der Waals surface area (Å²) in [5.41, 5.74) is 2.06. The summed E-state index contributed by atoms with van der Waals surface area (Å²) in [4.78, 5) is 25.2. The molecule has 4 atom stereocenters. The molecule has 0 radical (unpaired) electrons. The third-order valence-corrected chi connectivity index (χ3v) is 9.84. The van der Waals surface area contributed by atoms with E-state index in [-0.39, 0.29) is 5.92 Å². The van der Waals surface area contributed by atoms with Crippen LogP contribution in [0.25, 0.3) is 0 Å². The molecule has 0 aliphatic carbocycles. The maximum absolute atomic E-state index is 12.7. The van der Waals surface area contributed by atoms with Crippen molar-refractivity contribution in [3.63, 3.8) is 0 Å². The van der Waals surface area contributed by atoms with Gasteiger partial charge in [-0.25, -0.2) is 9.59 Å². The van der Waals surface area contributed by atoms with E-state index in [0.29, 0.717) is 37.6 Å². The van der Waals surface area contributed by atoms with Crippen molar-refractivity contribution in [2.75, 3.05) is 13.2 Å². The molecule has 0 N–H and O–H groups in total. The molecule has 0 bridgehead atoms. The number of unbranched alkanes of at least 4 members (excludes halogenated alkanes) is 1. The van der Waals surface area contributed by atoms with Gasteiger partial charge < -0.3 is 28.4 Å². The average Bonchev–Trinajstić information content (AvgIpc) is 3.10. The highest BCUT2D eigenvalue weighted by Gasteiger charge is 2.70. The van der Waals surface area contributed by atoms with Gasteiger partial charge in [-0.2, -0.15) is 0 Å². The number of rotatable bonds is 11. The zero-order valence-corrected chi connectivity index (χ0v) is 27.0. The maximum atomic E-state index is 12.7. The van der Waals surface area contributed by atoms with Crippen LogP contribution in [-0.4, -0.2) is 37.2 Å². The van der Waals surface area contributed by atoms with E-state index in [9.17, 15) is 9.59 Å². The van der Waals surface area contributed by atoms with Gasteiger partial charge >= 0.3 is 11.9 Å². The molecule has 49 heavy (non-hydrogen) atoms. The van der Waals surface area contributed by atoms with E-state index in [1.807, 2.05) is 121 Å². The Bertz CT molecular complexity index is 1810. The molecule has 248 valence electrons. The van der Waals surface area contributed by atoms with Gasteiger partial charge in [0, 0.05) is 6.92 Å². The molecule has 4 aliphatic heterocycles. The van der Waals surface area contributed by atoms with Crippen LogP contribution >= 0.6 is 0 Å². The first-order chi connectivity index (χ1) is 23.9. The summed E-state index contributed by atoms with van der Waals surface area (Å²) >= 11 is 0. The van der Waals surface area contributed by atoms with Crippen molar-refractivity contribution >= 4 is 11.9 Å². The summed E-state index contributed by atoms with van der Waals surface area (Å²) in [6.45, 7) is 2.49. The van der Waals surface area contributed by atoms with Crippen LogP contribution in [0.2, 0.25) is 0 Å². The van der Waals surface area contributed by atoms with Gasteiger partial charge in [-0.3, -0.25) is 0 Å². The van der Waals surface area contributed by atoms with Crippen LogP contribution in [0.3, 0.4) is 0 Å². The van der Waals surface area contributed by atoms with E-state index >= 15 is 0 Å². The third-order valence-electron chi connectivity index (χ3n) is 9.84. The SMILES string of the molecule is C[C@]12OC(=O)C=C(OCCCCOC3=CC(=O)OC4OC(c5ccccc5)(c5ccccc5)C34)[C@H]1C(c1ccccc1)(c1ccccc1)O2. The van der Waals surface area contributed by atoms with Crippen LogP contribution < -0.4 is 0 Å². The Balaban J connectivity index is 0.962. The van der Waals surface area contributed by atoms with Crippen LogP contribution in [0.4, 0.5) is 0 Å². The monoisotopic (exact) mass is 656 g/mol. The van der Waals surface area contributed by atoms with Crippen LogP contribution in [0, 0.1) is 11.8 Å². The quantitative estimate of drug-likeness (QED) is 0.127. The number of hydrogen-bond acceptors (Lipinski definition) is 8. The largest absolute Gasteiger partial charge is 0.497 e. The maximum Gasteiger partial charge on any atom is 0.336 e. The molecule has 0 saturated carbocycles. The predicted octanol–water partition coefficient (Wildman–Crippen LogP) is 6.90. The number of hydrogen-bond donors (Lipinski definition) is 0. The van der Waals surface area contributed by atoms with Gasteiger partial charge in [-0.15, -0.1) is 0 Å². The fourth-order valence-electron chi connectivity index (χ4n) is 7.80. The Morgan fingerprint density at radius 3 is 1.55 bits per heavy atom. The number of benzene rings is 4. The van der Waals surface area contributed by atoms with E-state index in [1.54, 1.807) is 6.92 Å². The van der Waals surface area contributed by atoms with E-state index in [1.165, 1.54) is 12.2 Å². The Morgan fingerprint density at radius 1 is 0.592 bits per heavy atom. The molecule has 2 unspecified atom stereocenters. The Kier molecular flexibility index (Phi) is 7.85. The van der Waals surface area contributed by atoms with Gasteiger partial charge in [0.25, 0.3) is 0 Å². The van der Waals surface area contributed by atoms with Crippen molar-refractivity contribution in [2.45, 2.75) is 43.0 Å². The summed E-state index contributed by atoms with van der Waals surface area (Å²) in [6.07, 6.45) is 3.41. The van der Waals surface area contributed by atoms with Gasteiger partial charge in [-0.05, 0) is 35.1 Å². The summed E-state index contributed by atoms with van der Waals surface area (Å²) in [6, 6.07) is 39.8. The highest BCUT2D eigenvalue weighted by Crippen LogP contribution is 2.62. The molecule has 8 rings (SSSR count). The van der Waals surface area contributed by atoms with Gasteiger partial charge in [0.1, 0.15) is 34.6 Å². The van der Waals surface area contributed by atoms with Crippen LogP contribution in [0.5, 0.6) is 0 Å². The first kappa shape index (κ1) is 31.1. The van der Waals surface area contributed by atoms with Crippen molar-refractivity contribution < 1.29 is 38.0 Å². The number of carbonyl (C=O) groups is 2. The zero-order valence-electron chi connectivity index (χ0n) is 27.0. The Morgan fingerprint density at radius 2 is 1.04 bits per heavy atom. The molecule has 0 amide bonds. The van der Waals surface area contributed by atoms with Gasteiger partial charge in [0.05, 0.1) is 25.4 Å². The number of esters is 2. The second kappa shape index (κ2) is 12.4. The molecular weight excluding hydrogens is 620 g/mol. The minimum absolute atomic E-state index is 0.343. The fraction of sp³-hybridized carbons (Fsp3) is 0.268. The molecule has 4 aliphatic rings. The second-order valence-electron chi connectivity index (χ2n) is 12.8. The van der Waals surface area contributed by atoms with Crippen molar-refractivity contribution in [1.82, 2.24) is 0 Å². The normalized spacial score (nSPS) is 25.9. The standard InChI is InChI=1S/C41H36O8/c1-39-37(41(49-39,30-20-10-4-11-21-30)31-22-12-5-13-23-31)33(27-35(43)47-39)45-25-15-14-24-44-32-26-34(42)46-38-36(32)40(48-38,28-16-6-2-7-17-28)29-18-8-3-9-19-29/h2-13,16-23,26-27,36-38H,14-15,24-25H2,1H3/t36?,37-,38?,39-/m1/s1. The molecule has 8 heteroatoms. The van der Waals surface area contributed by atoms with E-state index < -0.39 is 41.1 Å². The van der Waals surface area contributed by atoms with Gasteiger partial charge in [-0.1, -0.05) is 121 Å². The fourth-order valence-corrected chi connectivity index (χ4v) is 7.80. The molecule has 4 aromatic rings. The molecule has 2 fully saturated rings. The molecule has 2 saturated heterocycles. The molecule has 0 spiro atoms. The van der Waals surface area contributed by atoms with E-state index in [0.717, 1.165) is 22.3 Å². The lowest BCUT2D eigenvalue weighted by Crippen LogP contribution is -2.69. The lowest BCUT2D eigenvalue weighted by Gasteiger charge is -2.61. The van der Waals surface area contributed by atoms with Crippen LogP contribution in [0.15, 0.2) is 145 Å². The molecule has 4 aromatic carbocycles. The minimum atomic E-state index is -1.18. The zero-order chi connectivity index (χ0) is 33.5. The third kappa shape index (κ3) is 5.14. The van der Waals surface area contributed by atoms with E-state index in [4.69, 9.17) is 28.4 Å². The predicted molar refractivity (Wildman–Crippen MR) is 178 cm³/mol. The topological polar surface area (TPSA) is 89.5 Å². The first-order valence-electron chi connectivity index (χ1n) is 16.7.